The monoisotopic (exact) mass is 153 g/mol. The summed E-state index contributed by atoms with van der Waals surface area (Å²) in [5.74, 6) is 0.959. The Balaban J connectivity index is 2.25. The molecule has 3 nitrogen and oxygen atoms in total. The predicted molar refractivity (Wildman–Crippen MR) is 40.7 cm³/mol. The van der Waals surface area contributed by atoms with Crippen LogP contribution in [0, 0.1) is 27.9 Å². The van der Waals surface area contributed by atoms with Crippen molar-refractivity contribution in [3.05, 3.63) is 22.3 Å². The maximum atomic E-state index is 10.6. The van der Waals surface area contributed by atoms with Gasteiger partial charge in [0.05, 0.1) is 0 Å². The highest BCUT2D eigenvalue weighted by Gasteiger charge is 2.49. The van der Waals surface area contributed by atoms with Crippen molar-refractivity contribution >= 4 is 0 Å². The third kappa shape index (κ3) is 0.800. The highest BCUT2D eigenvalue weighted by atomic mass is 16.6. The van der Waals surface area contributed by atoms with Gasteiger partial charge in [-0.2, -0.15) is 0 Å². The van der Waals surface area contributed by atoms with Gasteiger partial charge in [0, 0.05) is 16.8 Å². The zero-order valence-electron chi connectivity index (χ0n) is 6.43. The molecule has 2 rings (SSSR count). The molecule has 1 saturated carbocycles. The van der Waals surface area contributed by atoms with Crippen molar-refractivity contribution in [1.82, 2.24) is 0 Å². The van der Waals surface area contributed by atoms with E-state index in [4.69, 9.17) is 0 Å². The van der Waals surface area contributed by atoms with Crippen LogP contribution in [-0.4, -0.2) is 11.0 Å². The summed E-state index contributed by atoms with van der Waals surface area (Å²) >= 11 is 0. The molecule has 11 heavy (non-hydrogen) atoms. The minimum Gasteiger partial charge on any atom is -0.264 e. The number of nitro groups is 1. The molecule has 1 fully saturated rings. The second kappa shape index (κ2) is 2.06. The van der Waals surface area contributed by atoms with Crippen LogP contribution in [0.3, 0.4) is 0 Å². The molecule has 4 atom stereocenters. The lowest BCUT2D eigenvalue weighted by Crippen LogP contribution is -2.30. The number of allylic oxidation sites excluding steroid dienone is 1. The van der Waals surface area contributed by atoms with Gasteiger partial charge in [-0.3, -0.25) is 10.1 Å². The van der Waals surface area contributed by atoms with Gasteiger partial charge in [-0.1, -0.05) is 19.1 Å². The summed E-state index contributed by atoms with van der Waals surface area (Å²) < 4.78 is 0. The van der Waals surface area contributed by atoms with Gasteiger partial charge in [0.15, 0.2) is 0 Å². The summed E-state index contributed by atoms with van der Waals surface area (Å²) in [6, 6.07) is -0.301. The van der Waals surface area contributed by atoms with E-state index in [0.29, 0.717) is 5.92 Å². The Morgan fingerprint density at radius 3 is 2.45 bits per heavy atom. The van der Waals surface area contributed by atoms with Crippen molar-refractivity contribution in [3.8, 4) is 0 Å². The second-order valence-corrected chi connectivity index (χ2v) is 3.58. The Kier molecular flexibility index (Phi) is 1.28. The molecule has 0 aromatic rings. The average Bonchev–Trinajstić information content (AvgIpc) is 2.44. The van der Waals surface area contributed by atoms with E-state index in [9.17, 15) is 10.1 Å². The van der Waals surface area contributed by atoms with Gasteiger partial charge in [-0.05, 0) is 12.3 Å². The first-order chi connectivity index (χ1) is 5.20. The van der Waals surface area contributed by atoms with E-state index in [1.54, 1.807) is 0 Å². The largest absolute Gasteiger partial charge is 0.264 e. The predicted octanol–water partition coefficient (Wildman–Crippen LogP) is 1.47. The number of hydrogen-bond donors (Lipinski definition) is 0. The van der Waals surface area contributed by atoms with Gasteiger partial charge in [0.25, 0.3) is 0 Å². The van der Waals surface area contributed by atoms with Gasteiger partial charge >= 0.3 is 0 Å². The van der Waals surface area contributed by atoms with Crippen LogP contribution in [0.15, 0.2) is 12.2 Å². The van der Waals surface area contributed by atoms with Crippen molar-refractivity contribution in [2.75, 3.05) is 0 Å². The van der Waals surface area contributed by atoms with Crippen LogP contribution in [0.25, 0.3) is 0 Å². The summed E-state index contributed by atoms with van der Waals surface area (Å²) in [5.41, 5.74) is 0. The molecule has 60 valence electrons. The molecule has 0 spiro atoms. The summed E-state index contributed by atoms with van der Waals surface area (Å²) in [5, 5.41) is 10.6. The lowest BCUT2D eigenvalue weighted by Gasteiger charge is -2.16. The first-order valence-electron chi connectivity index (χ1n) is 4.02. The van der Waals surface area contributed by atoms with Crippen molar-refractivity contribution < 1.29 is 4.92 Å². The lowest BCUT2D eigenvalue weighted by molar-refractivity contribution is -0.534. The van der Waals surface area contributed by atoms with Gasteiger partial charge in [0.1, 0.15) is 0 Å². The van der Waals surface area contributed by atoms with E-state index in [0.717, 1.165) is 6.42 Å². The summed E-state index contributed by atoms with van der Waals surface area (Å²) in [4.78, 5) is 10.5. The molecule has 0 heterocycles. The molecule has 0 amide bonds. The fourth-order valence-electron chi connectivity index (χ4n) is 2.39. The van der Waals surface area contributed by atoms with E-state index in [2.05, 4.69) is 6.08 Å². The highest BCUT2D eigenvalue weighted by molar-refractivity contribution is 5.13. The quantitative estimate of drug-likeness (QED) is 0.325. The van der Waals surface area contributed by atoms with Crippen molar-refractivity contribution in [3.63, 3.8) is 0 Å². The van der Waals surface area contributed by atoms with Crippen LogP contribution in [0.5, 0.6) is 0 Å². The molecule has 3 heteroatoms. The highest BCUT2D eigenvalue weighted by Crippen LogP contribution is 2.44. The molecule has 2 aliphatic rings. The molecule has 0 saturated heterocycles. The van der Waals surface area contributed by atoms with E-state index in [1.165, 1.54) is 0 Å². The van der Waals surface area contributed by atoms with E-state index in [1.807, 2.05) is 13.0 Å². The van der Waals surface area contributed by atoms with Gasteiger partial charge in [-0.25, -0.2) is 0 Å². The average molecular weight is 153 g/mol. The zero-order valence-corrected chi connectivity index (χ0v) is 6.43. The summed E-state index contributed by atoms with van der Waals surface area (Å²) in [7, 11) is 0. The summed E-state index contributed by atoms with van der Waals surface area (Å²) in [6.07, 6.45) is 5.15. The molecule has 0 aliphatic heterocycles. The fourth-order valence-corrected chi connectivity index (χ4v) is 2.39. The van der Waals surface area contributed by atoms with Crippen molar-refractivity contribution in [2.24, 2.45) is 17.8 Å². The SMILES string of the molecule is CC1C([N+](=O)[O-])[C@@H]2C=C[C@H]1C2. The Bertz CT molecular complexity index is 224. The molecular weight excluding hydrogens is 142 g/mol. The topological polar surface area (TPSA) is 43.1 Å². The molecule has 0 aromatic carbocycles. The molecular formula is C8H11NO2. The smallest absolute Gasteiger partial charge is 0.222 e. The second-order valence-electron chi connectivity index (χ2n) is 3.58. The van der Waals surface area contributed by atoms with Gasteiger partial charge < -0.3 is 0 Å². The standard InChI is InChI=1S/C8H11NO2/c1-5-6-2-3-7(4-6)8(5)9(10)11/h2-3,5-8H,4H2,1H3/t5?,6-,7+,8?/m0/s1. The lowest BCUT2D eigenvalue weighted by atomic mass is 9.91. The fraction of sp³-hybridized carbons (Fsp3) is 0.750. The maximum Gasteiger partial charge on any atom is 0.222 e. The zero-order chi connectivity index (χ0) is 8.01. The molecule has 2 bridgehead atoms. The molecule has 0 N–H and O–H groups in total. The third-order valence-corrected chi connectivity index (χ3v) is 3.05. The van der Waals surface area contributed by atoms with Crippen LogP contribution < -0.4 is 0 Å². The molecule has 0 radical (unpaired) electrons. The number of hydrogen-bond acceptors (Lipinski definition) is 2. The first kappa shape index (κ1) is 6.83. The van der Waals surface area contributed by atoms with Gasteiger partial charge in [-0.15, -0.1) is 0 Å². The third-order valence-electron chi connectivity index (χ3n) is 3.05. The Morgan fingerprint density at radius 2 is 2.09 bits per heavy atom. The Labute approximate surface area is 65.2 Å². The van der Waals surface area contributed by atoms with Crippen LogP contribution in [0.1, 0.15) is 13.3 Å². The van der Waals surface area contributed by atoms with Crippen molar-refractivity contribution in [2.45, 2.75) is 19.4 Å². The minimum absolute atomic E-state index is 0.112. The van der Waals surface area contributed by atoms with E-state index in [-0.39, 0.29) is 22.8 Å². The van der Waals surface area contributed by atoms with Crippen LogP contribution in [-0.2, 0) is 0 Å². The summed E-state index contributed by atoms with van der Waals surface area (Å²) in [6.45, 7) is 1.99. The molecule has 2 aliphatic carbocycles. The Morgan fingerprint density at radius 1 is 1.45 bits per heavy atom. The molecule has 0 aromatic heterocycles. The van der Waals surface area contributed by atoms with E-state index < -0.39 is 0 Å². The van der Waals surface area contributed by atoms with Crippen LogP contribution >= 0.6 is 0 Å². The number of nitrogens with zero attached hydrogens (tertiary/aromatic N) is 1. The van der Waals surface area contributed by atoms with Crippen LogP contribution in [0.2, 0.25) is 0 Å². The van der Waals surface area contributed by atoms with Crippen LogP contribution in [0.4, 0.5) is 0 Å². The van der Waals surface area contributed by atoms with Crippen molar-refractivity contribution in [1.29, 1.82) is 0 Å². The number of rotatable bonds is 1. The first-order valence-corrected chi connectivity index (χ1v) is 4.02. The minimum atomic E-state index is -0.301. The number of fused-ring (bicyclic) bond motifs is 2. The Hall–Kier alpha value is -0.860. The maximum absolute atomic E-state index is 10.6. The van der Waals surface area contributed by atoms with E-state index >= 15 is 0 Å². The normalized spacial score (nSPS) is 46.6. The van der Waals surface area contributed by atoms with Gasteiger partial charge in [0.2, 0.25) is 6.04 Å². The molecule has 2 unspecified atom stereocenters.